The third kappa shape index (κ3) is 38.4. The lowest BCUT2D eigenvalue weighted by atomic mass is 10.1. The van der Waals surface area contributed by atoms with Gasteiger partial charge in [0.2, 0.25) is 11.5 Å². The van der Waals surface area contributed by atoms with E-state index in [1.807, 2.05) is 48.5 Å². The molecule has 3 rings (SSSR count). The third-order valence-electron chi connectivity index (χ3n) is 13.4. The van der Waals surface area contributed by atoms with E-state index in [-0.39, 0.29) is 0 Å². The number of carbonyl (C=O) groups is 1. The van der Waals surface area contributed by atoms with Crippen LogP contribution in [0.2, 0.25) is 0 Å². The minimum atomic E-state index is -0.418. The molecule has 0 saturated carbocycles. The second-order valence-corrected chi connectivity index (χ2v) is 20.8. The molecule has 0 N–H and O–H groups in total. The Balaban J connectivity index is 1.94. The zero-order valence-corrected chi connectivity index (χ0v) is 53.9. The number of hydrogen-bond donors (Lipinski definition) is 0. The van der Waals surface area contributed by atoms with Gasteiger partial charge in [-0.3, -0.25) is 0 Å². The SMILES string of the molecule is C=CCOOCCCCCCOc1ccc(C#Cc2ccc(C#Cc3ccc(OCCCCCCOC=C)c(OCCCCCCOC=C)c3OCCCCCCOOCC=C)cc2)c(OCCCCCCOC(=O)C=C)c1OCCCCCCOOCC=C. The summed E-state index contributed by atoms with van der Waals surface area (Å²) in [6.07, 6.45) is 30.8. The zero-order valence-electron chi connectivity index (χ0n) is 53.9. The van der Waals surface area contributed by atoms with Crippen LogP contribution in [0.15, 0.2) is 125 Å². The lowest BCUT2D eigenvalue weighted by Crippen LogP contribution is -2.08. The fourth-order valence-electron chi connectivity index (χ4n) is 8.60. The average molecular weight is 1250 g/mol. The van der Waals surface area contributed by atoms with Gasteiger partial charge in [-0.25, -0.2) is 34.1 Å². The van der Waals surface area contributed by atoms with Gasteiger partial charge < -0.3 is 42.6 Å². The summed E-state index contributed by atoms with van der Waals surface area (Å²) in [6, 6.07) is 15.6. The molecule has 0 amide bonds. The van der Waals surface area contributed by atoms with E-state index in [4.69, 9.17) is 72.0 Å². The Morgan fingerprint density at radius 3 is 0.933 bits per heavy atom. The molecule has 0 aliphatic rings. The summed E-state index contributed by atoms with van der Waals surface area (Å²) in [5.74, 6) is 16.6. The summed E-state index contributed by atoms with van der Waals surface area (Å²) >= 11 is 0. The first-order chi connectivity index (χ1) is 44.5. The first-order valence-corrected chi connectivity index (χ1v) is 32.5. The predicted octanol–water partition coefficient (Wildman–Crippen LogP) is 16.6. The van der Waals surface area contributed by atoms with E-state index in [1.54, 1.807) is 18.2 Å². The Bertz CT molecular complexity index is 2520. The number of unbranched alkanes of at least 4 members (excludes halogenated alkanes) is 18. The van der Waals surface area contributed by atoms with Gasteiger partial charge in [-0.05, 0) is 183 Å². The van der Waals surface area contributed by atoms with Gasteiger partial charge in [-0.15, -0.1) is 19.7 Å². The topological polar surface area (TPSA) is 156 Å². The molecular weight excluding hydrogens is 1140 g/mol. The van der Waals surface area contributed by atoms with Crippen LogP contribution in [0.5, 0.6) is 34.5 Å². The van der Waals surface area contributed by atoms with Gasteiger partial charge in [0.05, 0.1) is 103 Å². The molecule has 0 saturated heterocycles. The van der Waals surface area contributed by atoms with E-state index in [1.165, 1.54) is 18.6 Å². The number of benzene rings is 3. The number of rotatable bonds is 60. The number of esters is 1. The monoisotopic (exact) mass is 1250 g/mol. The quantitative estimate of drug-likeness (QED) is 0.00768. The molecule has 0 heterocycles. The highest BCUT2D eigenvalue weighted by atomic mass is 17.2. The predicted molar refractivity (Wildman–Crippen MR) is 355 cm³/mol. The minimum absolute atomic E-state index is 0.345. The maximum atomic E-state index is 11.6. The average Bonchev–Trinajstić information content (AvgIpc) is 1.55. The third-order valence-corrected chi connectivity index (χ3v) is 13.4. The highest BCUT2D eigenvalue weighted by molar-refractivity contribution is 5.81. The lowest BCUT2D eigenvalue weighted by molar-refractivity contribution is -0.286. The molecule has 3 aromatic rings. The Hall–Kier alpha value is -7.15. The van der Waals surface area contributed by atoms with Crippen molar-refractivity contribution in [2.75, 3.05) is 99.1 Å². The van der Waals surface area contributed by atoms with Gasteiger partial charge in [0.25, 0.3) is 0 Å². The molecule has 0 fully saturated rings. The highest BCUT2D eigenvalue weighted by Gasteiger charge is 2.20. The Morgan fingerprint density at radius 2 is 0.611 bits per heavy atom. The number of ether oxygens (including phenoxy) is 9. The molecule has 0 aliphatic heterocycles. The number of hydrogen-bond acceptors (Lipinski definition) is 16. The summed E-state index contributed by atoms with van der Waals surface area (Å²) in [4.78, 5) is 42.4. The first kappa shape index (κ1) is 77.1. The van der Waals surface area contributed by atoms with Crippen LogP contribution in [-0.4, -0.2) is 105 Å². The van der Waals surface area contributed by atoms with Gasteiger partial charge in [0.15, 0.2) is 23.0 Å². The van der Waals surface area contributed by atoms with Crippen LogP contribution < -0.4 is 28.4 Å². The summed E-state index contributed by atoms with van der Waals surface area (Å²) < 4.78 is 55.2. The molecule has 496 valence electrons. The normalized spacial score (nSPS) is 10.6. The van der Waals surface area contributed by atoms with Crippen molar-refractivity contribution < 1.29 is 76.8 Å². The Labute approximate surface area is 538 Å². The summed E-state index contributed by atoms with van der Waals surface area (Å²) in [7, 11) is 0. The van der Waals surface area contributed by atoms with Crippen LogP contribution in [0, 0.1) is 23.7 Å². The van der Waals surface area contributed by atoms with Crippen molar-refractivity contribution in [3.63, 3.8) is 0 Å². The number of carbonyl (C=O) groups excluding carboxylic acids is 1. The van der Waals surface area contributed by atoms with Crippen molar-refractivity contribution in [1.29, 1.82) is 0 Å². The highest BCUT2D eigenvalue weighted by Crippen LogP contribution is 2.42. The van der Waals surface area contributed by atoms with E-state index < -0.39 is 5.97 Å². The molecule has 0 bridgehead atoms. The van der Waals surface area contributed by atoms with Gasteiger partial charge in [-0.2, -0.15) is 0 Å². The fraction of sp³-hybridized carbons (Fsp3) is 0.527. The van der Waals surface area contributed by atoms with Crippen LogP contribution in [0.1, 0.15) is 176 Å². The van der Waals surface area contributed by atoms with Gasteiger partial charge in [0, 0.05) is 17.2 Å². The smallest absolute Gasteiger partial charge is 0.330 e. The van der Waals surface area contributed by atoms with Crippen LogP contribution in [0.3, 0.4) is 0 Å². The molecule has 16 heteroatoms. The minimum Gasteiger partial charge on any atom is -0.502 e. The first-order valence-electron chi connectivity index (χ1n) is 32.5. The maximum absolute atomic E-state index is 11.6. The Morgan fingerprint density at radius 1 is 0.311 bits per heavy atom. The molecule has 0 aliphatic carbocycles. The molecule has 0 unspecified atom stereocenters. The fourth-order valence-corrected chi connectivity index (χ4v) is 8.60. The Kier molecular flexibility index (Phi) is 47.9. The summed E-state index contributed by atoms with van der Waals surface area (Å²) in [5, 5.41) is 0. The van der Waals surface area contributed by atoms with Crippen molar-refractivity contribution in [3.8, 4) is 58.2 Å². The van der Waals surface area contributed by atoms with Gasteiger partial charge in [-0.1, -0.05) is 80.9 Å². The second kappa shape index (κ2) is 55.9. The molecule has 0 atom stereocenters. The molecule has 0 spiro atoms. The van der Waals surface area contributed by atoms with Gasteiger partial charge >= 0.3 is 5.97 Å². The van der Waals surface area contributed by atoms with Crippen molar-refractivity contribution in [2.24, 2.45) is 0 Å². The second-order valence-electron chi connectivity index (χ2n) is 20.8. The standard InChI is InChI=1S/C74H104O16/c1-7-49-85-88-61-34-22-19-28-55-79-69-48-46-66(71(81-57-30-18-17-29-56-80-70(75)10-4)74(69)84-60-33-21-24-36-63-90-87-51-9-3)43-41-64-37-39-65(40-38-64)42-44-67-45-47-68(78-54-27-15-13-25-52-76-11-5)73(83-59-32-16-14-26-53-77-12-6)72(67)82-58-31-20-23-35-62-89-86-50-8-2/h7-12,37-40,45-48H,1-6,13-36,49-63H2. The molecule has 3 aromatic carbocycles. The van der Waals surface area contributed by atoms with Crippen molar-refractivity contribution in [2.45, 2.75) is 154 Å². The largest absolute Gasteiger partial charge is 0.502 e. The molecule has 0 aromatic heterocycles. The van der Waals surface area contributed by atoms with E-state index in [0.29, 0.717) is 145 Å². The van der Waals surface area contributed by atoms with E-state index in [2.05, 4.69) is 63.2 Å². The van der Waals surface area contributed by atoms with Crippen LogP contribution in [-0.2, 0) is 48.3 Å². The van der Waals surface area contributed by atoms with Crippen molar-refractivity contribution in [1.82, 2.24) is 0 Å². The van der Waals surface area contributed by atoms with E-state index >= 15 is 0 Å². The van der Waals surface area contributed by atoms with E-state index in [0.717, 1.165) is 165 Å². The molecule has 16 nitrogen and oxygen atoms in total. The van der Waals surface area contributed by atoms with Gasteiger partial charge in [0.1, 0.15) is 19.8 Å². The van der Waals surface area contributed by atoms with Crippen LogP contribution in [0.25, 0.3) is 0 Å². The summed E-state index contributed by atoms with van der Waals surface area (Å²) in [5.41, 5.74) is 2.95. The molecular formula is C74H104O16. The van der Waals surface area contributed by atoms with Crippen molar-refractivity contribution in [3.05, 3.63) is 147 Å². The molecule has 90 heavy (non-hydrogen) atoms. The van der Waals surface area contributed by atoms with Crippen LogP contribution >= 0.6 is 0 Å². The summed E-state index contributed by atoms with van der Waals surface area (Å²) in [6.45, 7) is 28.8. The van der Waals surface area contributed by atoms with Crippen LogP contribution in [0.4, 0.5) is 0 Å². The zero-order chi connectivity index (χ0) is 64.3. The molecule has 0 radical (unpaired) electrons. The van der Waals surface area contributed by atoms with Crippen molar-refractivity contribution >= 4 is 5.97 Å². The van der Waals surface area contributed by atoms with E-state index in [9.17, 15) is 4.79 Å². The maximum Gasteiger partial charge on any atom is 0.330 e. The lowest BCUT2D eigenvalue weighted by Gasteiger charge is -2.19.